The Morgan fingerprint density at radius 1 is 1.13 bits per heavy atom. The molecule has 1 aromatic carbocycles. The van der Waals surface area contributed by atoms with Crippen LogP contribution >= 0.6 is 0 Å². The van der Waals surface area contributed by atoms with Crippen molar-refractivity contribution < 1.29 is 9.53 Å². The highest BCUT2D eigenvalue weighted by atomic mass is 16.5. The molecule has 166 valence electrons. The number of hydrogen-bond donors (Lipinski definition) is 1. The van der Waals surface area contributed by atoms with Crippen molar-refractivity contribution in [3.63, 3.8) is 0 Å². The van der Waals surface area contributed by atoms with Crippen molar-refractivity contribution in [3.8, 4) is 11.3 Å². The number of carbonyl (C=O) groups is 1. The molecule has 2 aromatic heterocycles. The molecule has 3 aromatic rings. The Hall–Kier alpha value is -3.09. The van der Waals surface area contributed by atoms with Crippen molar-refractivity contribution in [3.05, 3.63) is 51.9 Å². The van der Waals surface area contributed by atoms with Gasteiger partial charge in [0.25, 0.3) is 0 Å². The molecular weight excluding hydrogens is 392 g/mol. The third-order valence-corrected chi connectivity index (χ3v) is 5.45. The normalized spacial score (nSPS) is 12.3. The number of alkyl carbamates (subject to hydrolysis) is 1. The predicted octanol–water partition coefficient (Wildman–Crippen LogP) is 4.35. The minimum Gasteiger partial charge on any atom is -0.453 e. The maximum atomic E-state index is 12.8. The summed E-state index contributed by atoms with van der Waals surface area (Å²) in [6, 6.07) is 9.95. The lowest BCUT2D eigenvalue weighted by atomic mass is 9.90. The molecule has 7 heteroatoms. The summed E-state index contributed by atoms with van der Waals surface area (Å²) in [5.74, 6) is 0. The zero-order chi connectivity index (χ0) is 23.1. The van der Waals surface area contributed by atoms with Gasteiger partial charge in [0.05, 0.1) is 23.9 Å². The molecule has 0 unspecified atom stereocenters. The van der Waals surface area contributed by atoms with E-state index in [1.807, 2.05) is 51.1 Å². The van der Waals surface area contributed by atoms with Crippen molar-refractivity contribution >= 4 is 17.3 Å². The van der Waals surface area contributed by atoms with Gasteiger partial charge in [0, 0.05) is 19.2 Å². The first-order valence-corrected chi connectivity index (χ1v) is 10.4. The lowest BCUT2D eigenvalue weighted by Gasteiger charge is -2.27. The molecule has 0 aliphatic rings. The highest BCUT2D eigenvalue weighted by Gasteiger charge is 2.25. The number of imidazole rings is 1. The molecule has 1 amide bonds. The fraction of sp³-hybridized carbons (Fsp3) is 0.458. The second-order valence-corrected chi connectivity index (χ2v) is 9.80. The largest absolute Gasteiger partial charge is 0.453 e. The molecule has 0 aliphatic heterocycles. The minimum atomic E-state index is -0.622. The van der Waals surface area contributed by atoms with E-state index < -0.39 is 11.6 Å². The Morgan fingerprint density at radius 3 is 2.42 bits per heavy atom. The highest BCUT2D eigenvalue weighted by molar-refractivity contribution is 5.77. The second-order valence-electron chi connectivity index (χ2n) is 9.80. The summed E-state index contributed by atoms with van der Waals surface area (Å²) in [6.07, 6.45) is -0.484. The summed E-state index contributed by atoms with van der Waals surface area (Å²) in [4.78, 5) is 29.4. The highest BCUT2D eigenvalue weighted by Crippen LogP contribution is 2.30. The van der Waals surface area contributed by atoms with Crippen LogP contribution in [0.2, 0.25) is 0 Å². The summed E-state index contributed by atoms with van der Waals surface area (Å²) >= 11 is 0. The first kappa shape index (κ1) is 22.6. The van der Waals surface area contributed by atoms with Crippen LogP contribution in [0.3, 0.4) is 0 Å². The first-order valence-electron chi connectivity index (χ1n) is 10.4. The van der Waals surface area contributed by atoms with E-state index >= 15 is 0 Å². The monoisotopic (exact) mass is 424 g/mol. The average molecular weight is 425 g/mol. The summed E-state index contributed by atoms with van der Waals surface area (Å²) in [5, 5.41) is 2.86. The van der Waals surface area contributed by atoms with Crippen LogP contribution in [0.1, 0.15) is 45.7 Å². The SMILES string of the molecule is COC(=O)NC(C)(C)c1ccc(C)c(-c2ccc3c(n2)n(C)c(=O)n3CC(C)(C)C)c1. The maximum absolute atomic E-state index is 12.8. The summed E-state index contributed by atoms with van der Waals surface area (Å²) < 4.78 is 8.15. The quantitative estimate of drug-likeness (QED) is 0.675. The van der Waals surface area contributed by atoms with E-state index in [2.05, 4.69) is 26.1 Å². The number of aromatic nitrogens is 3. The van der Waals surface area contributed by atoms with Crippen molar-refractivity contribution in [1.82, 2.24) is 19.4 Å². The zero-order valence-electron chi connectivity index (χ0n) is 19.7. The average Bonchev–Trinajstić information content (AvgIpc) is 2.91. The van der Waals surface area contributed by atoms with Gasteiger partial charge in [-0.3, -0.25) is 9.13 Å². The van der Waals surface area contributed by atoms with Crippen LogP contribution in [0.25, 0.3) is 22.4 Å². The number of aryl methyl sites for hydroxylation is 2. The summed E-state index contributed by atoms with van der Waals surface area (Å²) in [7, 11) is 3.11. The summed E-state index contributed by atoms with van der Waals surface area (Å²) in [6.45, 7) is 12.8. The molecule has 0 saturated heterocycles. The number of pyridine rings is 1. The molecule has 0 radical (unpaired) electrons. The van der Waals surface area contributed by atoms with E-state index in [4.69, 9.17) is 9.72 Å². The molecule has 3 rings (SSSR count). The molecule has 0 atom stereocenters. The van der Waals surface area contributed by atoms with E-state index in [-0.39, 0.29) is 11.1 Å². The third-order valence-electron chi connectivity index (χ3n) is 5.45. The van der Waals surface area contributed by atoms with Gasteiger partial charge in [0.15, 0.2) is 5.65 Å². The van der Waals surface area contributed by atoms with Crippen LogP contribution in [0.4, 0.5) is 4.79 Å². The van der Waals surface area contributed by atoms with Crippen LogP contribution in [-0.4, -0.2) is 27.3 Å². The van der Waals surface area contributed by atoms with Crippen LogP contribution in [0.15, 0.2) is 35.1 Å². The van der Waals surface area contributed by atoms with E-state index in [0.717, 1.165) is 27.9 Å². The number of rotatable bonds is 4. The molecule has 0 fully saturated rings. The Morgan fingerprint density at radius 2 is 1.81 bits per heavy atom. The molecule has 0 spiro atoms. The van der Waals surface area contributed by atoms with E-state index in [0.29, 0.717) is 12.2 Å². The third kappa shape index (κ3) is 4.50. The standard InChI is InChI=1S/C24H32N4O3/c1-15-9-10-16(24(5,6)26-21(29)31-8)13-17(15)18-11-12-19-20(25-18)27(7)22(30)28(19)14-23(2,3)4/h9-13H,14H2,1-8H3,(H,26,29). The van der Waals surface area contributed by atoms with Gasteiger partial charge in [-0.15, -0.1) is 0 Å². The number of nitrogens with zero attached hydrogens (tertiary/aromatic N) is 3. The van der Waals surface area contributed by atoms with Gasteiger partial charge in [-0.05, 0) is 55.5 Å². The van der Waals surface area contributed by atoms with Gasteiger partial charge in [-0.2, -0.15) is 0 Å². The van der Waals surface area contributed by atoms with Gasteiger partial charge >= 0.3 is 11.8 Å². The van der Waals surface area contributed by atoms with Crippen molar-refractivity contribution in [2.45, 2.75) is 53.6 Å². The van der Waals surface area contributed by atoms with E-state index in [1.165, 1.54) is 7.11 Å². The van der Waals surface area contributed by atoms with Crippen LogP contribution in [-0.2, 0) is 23.9 Å². The minimum absolute atomic E-state index is 0.0279. The zero-order valence-corrected chi connectivity index (χ0v) is 19.7. The number of methoxy groups -OCH3 is 1. The first-order chi connectivity index (χ1) is 14.3. The number of nitrogens with one attached hydrogen (secondary N) is 1. The van der Waals surface area contributed by atoms with E-state index in [1.54, 1.807) is 16.2 Å². The van der Waals surface area contributed by atoms with E-state index in [9.17, 15) is 9.59 Å². The molecule has 0 saturated carbocycles. The number of ether oxygens (including phenoxy) is 1. The van der Waals surface area contributed by atoms with Crippen LogP contribution < -0.4 is 11.0 Å². The molecule has 7 nitrogen and oxygen atoms in total. The second kappa shape index (κ2) is 7.87. The Labute approximate surface area is 183 Å². The van der Waals surface area contributed by atoms with Crippen molar-refractivity contribution in [2.75, 3.05) is 7.11 Å². The maximum Gasteiger partial charge on any atom is 0.407 e. The number of benzene rings is 1. The summed E-state index contributed by atoms with van der Waals surface area (Å²) in [5.41, 5.74) is 4.49. The van der Waals surface area contributed by atoms with Gasteiger partial charge in [0.2, 0.25) is 0 Å². The number of fused-ring (bicyclic) bond motifs is 1. The van der Waals surface area contributed by atoms with Crippen molar-refractivity contribution in [2.24, 2.45) is 12.5 Å². The molecule has 2 heterocycles. The molecule has 0 bridgehead atoms. The van der Waals surface area contributed by atoms with Crippen LogP contribution in [0.5, 0.6) is 0 Å². The number of carbonyl (C=O) groups excluding carboxylic acids is 1. The number of hydrogen-bond acceptors (Lipinski definition) is 4. The topological polar surface area (TPSA) is 78.2 Å². The Bertz CT molecular complexity index is 1200. The number of amides is 1. The molecule has 0 aliphatic carbocycles. The van der Waals surface area contributed by atoms with Crippen LogP contribution in [0, 0.1) is 12.3 Å². The van der Waals surface area contributed by atoms with Gasteiger partial charge < -0.3 is 10.1 Å². The predicted molar refractivity (Wildman–Crippen MR) is 123 cm³/mol. The Balaban J connectivity index is 2.11. The fourth-order valence-electron chi connectivity index (χ4n) is 3.72. The lowest BCUT2D eigenvalue weighted by molar-refractivity contribution is 0.159. The fourth-order valence-corrected chi connectivity index (χ4v) is 3.72. The molecule has 31 heavy (non-hydrogen) atoms. The smallest absolute Gasteiger partial charge is 0.407 e. The van der Waals surface area contributed by atoms with Crippen molar-refractivity contribution in [1.29, 1.82) is 0 Å². The Kier molecular flexibility index (Phi) is 5.74. The van der Waals surface area contributed by atoms with Gasteiger partial charge in [-0.1, -0.05) is 32.9 Å². The molecular formula is C24H32N4O3. The molecule has 1 N–H and O–H groups in total. The lowest BCUT2D eigenvalue weighted by Crippen LogP contribution is -2.40. The van der Waals surface area contributed by atoms with Gasteiger partial charge in [-0.25, -0.2) is 14.6 Å². The van der Waals surface area contributed by atoms with Gasteiger partial charge in [0.1, 0.15) is 0 Å².